The zero-order valence-corrected chi connectivity index (χ0v) is 21.0. The number of hydrogen-bond acceptors (Lipinski definition) is 5. The van der Waals surface area contributed by atoms with Crippen LogP contribution in [0, 0.1) is 11.8 Å². The minimum absolute atomic E-state index is 0.227. The van der Waals surface area contributed by atoms with E-state index in [-0.39, 0.29) is 12.3 Å². The zero-order valence-electron chi connectivity index (χ0n) is 21.0. The van der Waals surface area contributed by atoms with E-state index in [1.54, 1.807) is 7.11 Å². The maximum Gasteiger partial charge on any atom is 0.303 e. The molecule has 7 nitrogen and oxygen atoms in total. The Labute approximate surface area is 208 Å². The number of fused-ring (bicyclic) bond motifs is 1. The molecule has 0 amide bonds. The average molecular weight is 479 g/mol. The molecule has 3 heterocycles. The summed E-state index contributed by atoms with van der Waals surface area (Å²) in [5.41, 5.74) is 2.28. The number of pyridine rings is 1. The summed E-state index contributed by atoms with van der Waals surface area (Å²) < 4.78 is 7.49. The van der Waals surface area contributed by atoms with E-state index >= 15 is 0 Å². The van der Waals surface area contributed by atoms with Crippen molar-refractivity contribution in [3.8, 4) is 5.75 Å². The number of carbonyl (C=O) groups is 1. The molecule has 1 fully saturated rings. The van der Waals surface area contributed by atoms with Crippen LogP contribution in [0.5, 0.6) is 5.75 Å². The van der Waals surface area contributed by atoms with Gasteiger partial charge >= 0.3 is 5.97 Å². The summed E-state index contributed by atoms with van der Waals surface area (Å²) in [5, 5.41) is 10.7. The van der Waals surface area contributed by atoms with Crippen LogP contribution in [0.15, 0.2) is 42.9 Å². The van der Waals surface area contributed by atoms with Crippen LogP contribution in [0.1, 0.15) is 49.9 Å². The highest BCUT2D eigenvalue weighted by Crippen LogP contribution is 2.32. The van der Waals surface area contributed by atoms with Gasteiger partial charge < -0.3 is 19.3 Å². The van der Waals surface area contributed by atoms with E-state index in [1.165, 1.54) is 5.56 Å². The molecule has 3 aromatic rings. The molecule has 0 spiro atoms. The predicted molar refractivity (Wildman–Crippen MR) is 138 cm³/mol. The van der Waals surface area contributed by atoms with Crippen molar-refractivity contribution in [2.45, 2.75) is 51.4 Å². The summed E-state index contributed by atoms with van der Waals surface area (Å²) >= 11 is 0. The van der Waals surface area contributed by atoms with Crippen molar-refractivity contribution >= 4 is 16.9 Å². The molecule has 1 aliphatic heterocycles. The summed E-state index contributed by atoms with van der Waals surface area (Å²) in [4.78, 5) is 23.0. The van der Waals surface area contributed by atoms with E-state index in [9.17, 15) is 9.90 Å². The third kappa shape index (κ3) is 6.82. The van der Waals surface area contributed by atoms with Gasteiger partial charge in [0, 0.05) is 50.4 Å². The van der Waals surface area contributed by atoms with E-state index in [0.717, 1.165) is 87.1 Å². The lowest BCUT2D eigenvalue weighted by atomic mass is 9.79. The van der Waals surface area contributed by atoms with Crippen molar-refractivity contribution in [2.24, 2.45) is 18.9 Å². The van der Waals surface area contributed by atoms with Gasteiger partial charge in [-0.1, -0.05) is 0 Å². The molecule has 0 radical (unpaired) electrons. The molecule has 1 aliphatic rings. The van der Waals surface area contributed by atoms with Gasteiger partial charge in [0.05, 0.1) is 12.6 Å². The number of ether oxygens (including phenoxy) is 1. The maximum absolute atomic E-state index is 11.6. The quantitative estimate of drug-likeness (QED) is 0.379. The number of carboxylic acid groups (broad SMARTS) is 1. The Bertz CT molecular complexity index is 1110. The fraction of sp³-hybridized carbons (Fsp3) is 0.536. The number of benzene rings is 1. The number of rotatable bonds is 12. The smallest absolute Gasteiger partial charge is 0.303 e. The lowest BCUT2D eigenvalue weighted by molar-refractivity contribution is -0.139. The number of imidazole rings is 1. The number of likely N-dealkylation sites (tertiary alicyclic amines) is 1. The first-order valence-corrected chi connectivity index (χ1v) is 12.9. The second-order valence-corrected chi connectivity index (χ2v) is 9.86. The van der Waals surface area contributed by atoms with Gasteiger partial charge in [-0.05, 0) is 93.3 Å². The van der Waals surface area contributed by atoms with Gasteiger partial charge in [0.25, 0.3) is 0 Å². The van der Waals surface area contributed by atoms with Crippen LogP contribution in [0.2, 0.25) is 0 Å². The number of hydrogen-bond donors (Lipinski definition) is 1. The molecule has 35 heavy (non-hydrogen) atoms. The Morgan fingerprint density at radius 1 is 1.11 bits per heavy atom. The zero-order chi connectivity index (χ0) is 24.6. The van der Waals surface area contributed by atoms with E-state index in [2.05, 4.69) is 31.6 Å². The molecule has 1 aromatic carbocycles. The first-order chi connectivity index (χ1) is 17.0. The number of aromatic nitrogens is 3. The van der Waals surface area contributed by atoms with E-state index in [4.69, 9.17) is 4.74 Å². The molecule has 0 saturated carbocycles. The normalized spacial score (nSPS) is 18.7. The van der Waals surface area contributed by atoms with Gasteiger partial charge in [-0.3, -0.25) is 9.78 Å². The minimum Gasteiger partial charge on any atom is -0.497 e. The lowest BCUT2D eigenvalue weighted by Gasteiger charge is -2.38. The van der Waals surface area contributed by atoms with Gasteiger partial charge in [0.1, 0.15) is 11.6 Å². The Morgan fingerprint density at radius 3 is 2.77 bits per heavy atom. The Kier molecular flexibility index (Phi) is 8.74. The maximum atomic E-state index is 11.6. The van der Waals surface area contributed by atoms with E-state index < -0.39 is 5.97 Å². The van der Waals surface area contributed by atoms with Crippen LogP contribution in [0.25, 0.3) is 10.9 Å². The SMILES string of the molecule is COc1ccc2nccc(CCC[C@@H]3CCN(CCCCc4nccn4C)C[C@@H]3CC(=O)O)c2c1. The van der Waals surface area contributed by atoms with Crippen LogP contribution >= 0.6 is 0 Å². The predicted octanol–water partition coefficient (Wildman–Crippen LogP) is 4.74. The standard InChI is InChI=1S/C28H38N4O3/c1-31-17-14-30-27(31)8-3-4-15-32-16-12-21(23(20-32)18-28(33)34)6-5-7-22-11-13-29-26-10-9-24(35-2)19-25(22)26/h9-11,13-14,17,19,21,23H,3-8,12,15-16,18,20H2,1-2H3,(H,33,34)/t21-,23+/m1/s1. The van der Waals surface area contributed by atoms with Crippen molar-refractivity contribution < 1.29 is 14.6 Å². The van der Waals surface area contributed by atoms with Crippen molar-refractivity contribution in [3.05, 3.63) is 54.2 Å². The van der Waals surface area contributed by atoms with Crippen LogP contribution in [0.3, 0.4) is 0 Å². The average Bonchev–Trinajstić information content (AvgIpc) is 3.27. The Hall–Kier alpha value is -2.93. The minimum atomic E-state index is -0.677. The number of nitrogens with zero attached hydrogens (tertiary/aromatic N) is 4. The van der Waals surface area contributed by atoms with Gasteiger partial charge in [0.2, 0.25) is 0 Å². The number of carboxylic acids is 1. The van der Waals surface area contributed by atoms with Gasteiger partial charge in [-0.2, -0.15) is 0 Å². The lowest BCUT2D eigenvalue weighted by Crippen LogP contribution is -2.41. The highest BCUT2D eigenvalue weighted by atomic mass is 16.5. The van der Waals surface area contributed by atoms with Crippen LogP contribution in [0.4, 0.5) is 0 Å². The number of aliphatic carboxylic acids is 1. The molecule has 2 aromatic heterocycles. The first-order valence-electron chi connectivity index (χ1n) is 12.9. The van der Waals surface area contributed by atoms with Crippen molar-refractivity contribution in [1.29, 1.82) is 0 Å². The molecular formula is C28H38N4O3. The molecule has 7 heteroatoms. The van der Waals surface area contributed by atoms with Crippen molar-refractivity contribution in [2.75, 3.05) is 26.7 Å². The molecule has 1 saturated heterocycles. The monoisotopic (exact) mass is 478 g/mol. The van der Waals surface area contributed by atoms with Crippen LogP contribution in [-0.4, -0.2) is 57.3 Å². The summed E-state index contributed by atoms with van der Waals surface area (Å²) in [5.74, 6) is 2.00. The summed E-state index contributed by atoms with van der Waals surface area (Å²) in [6.07, 6.45) is 13.4. The second-order valence-electron chi connectivity index (χ2n) is 9.86. The molecule has 188 valence electrons. The molecule has 0 unspecified atom stereocenters. The van der Waals surface area contributed by atoms with E-state index in [0.29, 0.717) is 5.92 Å². The highest BCUT2D eigenvalue weighted by molar-refractivity contribution is 5.83. The summed E-state index contributed by atoms with van der Waals surface area (Å²) in [6.45, 7) is 3.01. The van der Waals surface area contributed by atoms with Crippen molar-refractivity contribution in [3.63, 3.8) is 0 Å². The summed E-state index contributed by atoms with van der Waals surface area (Å²) in [7, 11) is 3.73. The third-order valence-corrected chi connectivity index (χ3v) is 7.52. The number of piperidine rings is 1. The Morgan fingerprint density at radius 2 is 2.00 bits per heavy atom. The summed E-state index contributed by atoms with van der Waals surface area (Å²) in [6, 6.07) is 8.12. The van der Waals surface area contributed by atoms with Gasteiger partial charge in [-0.15, -0.1) is 0 Å². The molecule has 0 aliphatic carbocycles. The second kappa shape index (κ2) is 12.2. The van der Waals surface area contributed by atoms with Gasteiger partial charge in [0.15, 0.2) is 0 Å². The number of unbranched alkanes of at least 4 members (excludes halogenated alkanes) is 1. The topological polar surface area (TPSA) is 80.5 Å². The first kappa shape index (κ1) is 25.2. The highest BCUT2D eigenvalue weighted by Gasteiger charge is 2.30. The number of aryl methyl sites for hydroxylation is 3. The molecule has 4 rings (SSSR count). The van der Waals surface area contributed by atoms with E-state index in [1.807, 2.05) is 37.8 Å². The fourth-order valence-corrected chi connectivity index (χ4v) is 5.53. The van der Waals surface area contributed by atoms with Gasteiger partial charge in [-0.25, -0.2) is 4.98 Å². The largest absolute Gasteiger partial charge is 0.497 e. The fourth-order valence-electron chi connectivity index (χ4n) is 5.53. The number of methoxy groups -OCH3 is 1. The molecular weight excluding hydrogens is 440 g/mol. The molecule has 0 bridgehead atoms. The third-order valence-electron chi connectivity index (χ3n) is 7.52. The Balaban J connectivity index is 1.28. The molecule has 1 N–H and O–H groups in total. The molecule has 2 atom stereocenters. The van der Waals surface area contributed by atoms with Crippen LogP contribution in [-0.2, 0) is 24.7 Å². The van der Waals surface area contributed by atoms with Crippen molar-refractivity contribution in [1.82, 2.24) is 19.4 Å². The van der Waals surface area contributed by atoms with Crippen LogP contribution < -0.4 is 4.74 Å².